The molecular weight excluding hydrogens is 254 g/mol. The van der Waals surface area contributed by atoms with Gasteiger partial charge in [0.2, 0.25) is 5.91 Å². The largest absolute Gasteiger partial charge is 0.460 e. The molecule has 0 aromatic heterocycles. The van der Waals surface area contributed by atoms with Gasteiger partial charge in [0, 0.05) is 12.8 Å². The van der Waals surface area contributed by atoms with Crippen molar-refractivity contribution in [1.29, 1.82) is 0 Å². The molecule has 0 spiro atoms. The monoisotopic (exact) mass is 279 g/mol. The van der Waals surface area contributed by atoms with Crippen LogP contribution in [0.3, 0.4) is 0 Å². The maximum absolute atomic E-state index is 11.8. The standard InChI is InChI=1S/C16H25NO3/c1-3-5-11-15(18)17-13-9-7-8-10-14(13)20-16(19)12-6-4-2/h3-4,13-14H,1-2,5-12H2,(H,17,18). The highest BCUT2D eigenvalue weighted by Crippen LogP contribution is 2.22. The molecule has 1 amide bonds. The van der Waals surface area contributed by atoms with E-state index in [2.05, 4.69) is 18.5 Å². The zero-order chi connectivity index (χ0) is 14.8. The average molecular weight is 279 g/mol. The molecule has 1 fully saturated rings. The van der Waals surface area contributed by atoms with Crippen LogP contribution in [0.25, 0.3) is 0 Å². The van der Waals surface area contributed by atoms with E-state index in [1.54, 1.807) is 12.2 Å². The van der Waals surface area contributed by atoms with Crippen LogP contribution >= 0.6 is 0 Å². The number of rotatable bonds is 8. The quantitative estimate of drug-likeness (QED) is 0.549. The Morgan fingerprint density at radius 3 is 2.45 bits per heavy atom. The van der Waals surface area contributed by atoms with Crippen LogP contribution in [0.5, 0.6) is 0 Å². The maximum Gasteiger partial charge on any atom is 0.306 e. The van der Waals surface area contributed by atoms with E-state index in [9.17, 15) is 9.59 Å². The van der Waals surface area contributed by atoms with Crippen LogP contribution in [-0.2, 0) is 14.3 Å². The summed E-state index contributed by atoms with van der Waals surface area (Å²) >= 11 is 0. The molecule has 4 heteroatoms. The summed E-state index contributed by atoms with van der Waals surface area (Å²) in [4.78, 5) is 23.4. The molecule has 0 heterocycles. The van der Waals surface area contributed by atoms with Gasteiger partial charge in [0.15, 0.2) is 0 Å². The molecule has 2 unspecified atom stereocenters. The predicted molar refractivity (Wildman–Crippen MR) is 79.1 cm³/mol. The molecule has 20 heavy (non-hydrogen) atoms. The summed E-state index contributed by atoms with van der Waals surface area (Å²) in [5.74, 6) is -0.203. The summed E-state index contributed by atoms with van der Waals surface area (Å²) < 4.78 is 5.49. The molecule has 112 valence electrons. The molecule has 1 aliphatic carbocycles. The zero-order valence-electron chi connectivity index (χ0n) is 12.1. The van der Waals surface area contributed by atoms with E-state index in [1.165, 1.54) is 0 Å². The van der Waals surface area contributed by atoms with E-state index in [1.807, 2.05) is 0 Å². The number of nitrogens with one attached hydrogen (secondary N) is 1. The minimum atomic E-state index is -0.206. The van der Waals surface area contributed by atoms with Crippen molar-refractivity contribution in [2.24, 2.45) is 0 Å². The SMILES string of the molecule is C=CCCC(=O)NC1CCCCC1OC(=O)CCC=C. The molecule has 1 N–H and O–H groups in total. The molecule has 1 saturated carbocycles. The van der Waals surface area contributed by atoms with E-state index in [-0.39, 0.29) is 24.0 Å². The van der Waals surface area contributed by atoms with Crippen molar-refractivity contribution in [1.82, 2.24) is 5.32 Å². The Labute approximate surface area is 121 Å². The molecule has 4 nitrogen and oxygen atoms in total. The number of esters is 1. The van der Waals surface area contributed by atoms with Crippen LogP contribution in [0.4, 0.5) is 0 Å². The maximum atomic E-state index is 11.8. The third-order valence-electron chi connectivity index (χ3n) is 3.46. The van der Waals surface area contributed by atoms with E-state index in [0.717, 1.165) is 25.7 Å². The zero-order valence-corrected chi connectivity index (χ0v) is 12.1. The van der Waals surface area contributed by atoms with Crippen LogP contribution in [-0.4, -0.2) is 24.0 Å². The number of hydrogen-bond acceptors (Lipinski definition) is 3. The van der Waals surface area contributed by atoms with Crippen LogP contribution in [0.15, 0.2) is 25.3 Å². The summed E-state index contributed by atoms with van der Waals surface area (Å²) in [6.45, 7) is 7.19. The number of ether oxygens (including phenoxy) is 1. The first kappa shape index (κ1) is 16.5. The highest BCUT2D eigenvalue weighted by Gasteiger charge is 2.29. The highest BCUT2D eigenvalue weighted by atomic mass is 16.5. The van der Waals surface area contributed by atoms with Crippen molar-refractivity contribution in [3.63, 3.8) is 0 Å². The molecule has 0 aromatic rings. The Bertz CT molecular complexity index is 318. The van der Waals surface area contributed by atoms with E-state index in [4.69, 9.17) is 4.74 Å². The molecule has 0 bridgehead atoms. The minimum absolute atomic E-state index is 0.00365. The van der Waals surface area contributed by atoms with Gasteiger partial charge >= 0.3 is 5.97 Å². The third-order valence-corrected chi connectivity index (χ3v) is 3.46. The van der Waals surface area contributed by atoms with Gasteiger partial charge in [-0.25, -0.2) is 0 Å². The molecule has 1 aliphatic rings. The van der Waals surface area contributed by atoms with Gasteiger partial charge in [-0.15, -0.1) is 13.2 Å². The Hall–Kier alpha value is -1.58. The summed E-state index contributed by atoms with van der Waals surface area (Å²) in [7, 11) is 0. The molecule has 1 rings (SSSR count). The Kier molecular flexibility index (Phi) is 7.70. The van der Waals surface area contributed by atoms with Gasteiger partial charge in [0.1, 0.15) is 6.10 Å². The van der Waals surface area contributed by atoms with E-state index >= 15 is 0 Å². The first-order valence-electron chi connectivity index (χ1n) is 7.38. The first-order valence-corrected chi connectivity index (χ1v) is 7.38. The van der Waals surface area contributed by atoms with E-state index < -0.39 is 0 Å². The Morgan fingerprint density at radius 1 is 1.10 bits per heavy atom. The summed E-state index contributed by atoms with van der Waals surface area (Å²) in [5.41, 5.74) is 0. The van der Waals surface area contributed by atoms with Crippen molar-refractivity contribution in [2.45, 2.75) is 63.5 Å². The molecule has 0 aliphatic heterocycles. The van der Waals surface area contributed by atoms with E-state index in [0.29, 0.717) is 25.7 Å². The highest BCUT2D eigenvalue weighted by molar-refractivity contribution is 5.76. The molecule has 2 atom stereocenters. The summed E-state index contributed by atoms with van der Waals surface area (Å²) in [6, 6.07) is -0.0475. The fourth-order valence-electron chi connectivity index (χ4n) is 2.36. The van der Waals surface area contributed by atoms with Crippen LogP contribution in [0.2, 0.25) is 0 Å². The minimum Gasteiger partial charge on any atom is -0.460 e. The Balaban J connectivity index is 2.44. The number of amides is 1. The van der Waals surface area contributed by atoms with Crippen molar-refractivity contribution >= 4 is 11.9 Å². The Morgan fingerprint density at radius 2 is 1.75 bits per heavy atom. The van der Waals surface area contributed by atoms with Gasteiger partial charge in [0.25, 0.3) is 0 Å². The molecule has 0 radical (unpaired) electrons. The predicted octanol–water partition coefficient (Wildman–Crippen LogP) is 2.89. The second kappa shape index (κ2) is 9.34. The van der Waals surface area contributed by atoms with Crippen molar-refractivity contribution in [3.05, 3.63) is 25.3 Å². The molecule has 0 aromatic carbocycles. The third kappa shape index (κ3) is 6.04. The first-order chi connectivity index (χ1) is 9.67. The number of hydrogen-bond donors (Lipinski definition) is 1. The summed E-state index contributed by atoms with van der Waals surface area (Å²) in [5, 5.41) is 2.98. The lowest BCUT2D eigenvalue weighted by molar-refractivity contribution is -0.152. The van der Waals surface area contributed by atoms with Gasteiger partial charge in [-0.3, -0.25) is 9.59 Å². The average Bonchev–Trinajstić information content (AvgIpc) is 2.45. The second-order valence-electron chi connectivity index (χ2n) is 5.14. The second-order valence-corrected chi connectivity index (χ2v) is 5.14. The van der Waals surface area contributed by atoms with Gasteiger partial charge in [-0.2, -0.15) is 0 Å². The number of carbonyl (C=O) groups is 2. The topological polar surface area (TPSA) is 55.4 Å². The fourth-order valence-corrected chi connectivity index (χ4v) is 2.36. The molecule has 0 saturated heterocycles. The van der Waals surface area contributed by atoms with Crippen LogP contribution in [0, 0.1) is 0 Å². The van der Waals surface area contributed by atoms with Crippen molar-refractivity contribution in [2.75, 3.05) is 0 Å². The van der Waals surface area contributed by atoms with Crippen molar-refractivity contribution < 1.29 is 14.3 Å². The van der Waals surface area contributed by atoms with Crippen molar-refractivity contribution in [3.8, 4) is 0 Å². The van der Waals surface area contributed by atoms with Gasteiger partial charge < -0.3 is 10.1 Å². The summed E-state index contributed by atoms with van der Waals surface area (Å²) in [6.07, 6.45) is 9.15. The normalized spacial score (nSPS) is 21.8. The van der Waals surface area contributed by atoms with Gasteiger partial charge in [0.05, 0.1) is 6.04 Å². The lowest BCUT2D eigenvalue weighted by Gasteiger charge is -2.31. The van der Waals surface area contributed by atoms with Crippen LogP contribution < -0.4 is 5.32 Å². The smallest absolute Gasteiger partial charge is 0.306 e. The number of allylic oxidation sites excluding steroid dienone is 2. The fraction of sp³-hybridized carbons (Fsp3) is 0.625. The van der Waals surface area contributed by atoms with Crippen LogP contribution in [0.1, 0.15) is 51.4 Å². The molecular formula is C16H25NO3. The lowest BCUT2D eigenvalue weighted by Crippen LogP contribution is -2.47. The lowest BCUT2D eigenvalue weighted by atomic mass is 9.92. The van der Waals surface area contributed by atoms with Gasteiger partial charge in [-0.1, -0.05) is 18.6 Å². The number of carbonyl (C=O) groups excluding carboxylic acids is 2. The van der Waals surface area contributed by atoms with Gasteiger partial charge in [-0.05, 0) is 32.1 Å².